The topological polar surface area (TPSA) is 89.1 Å². The number of rotatable bonds is 4. The van der Waals surface area contributed by atoms with Gasteiger partial charge in [0, 0.05) is 22.6 Å². The lowest BCUT2D eigenvalue weighted by atomic mass is 9.96. The maximum atomic E-state index is 11.1. The van der Waals surface area contributed by atoms with Gasteiger partial charge in [-0.05, 0) is 18.6 Å². The highest BCUT2D eigenvalue weighted by molar-refractivity contribution is 7.71. The summed E-state index contributed by atoms with van der Waals surface area (Å²) in [5.74, 6) is 0.693. The number of H-pyrrole nitrogens is 1. The average Bonchev–Trinajstić information content (AvgIpc) is 2.85. The third kappa shape index (κ3) is 3.70. The first-order valence-corrected chi connectivity index (χ1v) is 7.64. The van der Waals surface area contributed by atoms with Crippen molar-refractivity contribution >= 4 is 24.1 Å². The van der Waals surface area contributed by atoms with Crippen molar-refractivity contribution in [3.63, 3.8) is 0 Å². The van der Waals surface area contributed by atoms with E-state index in [1.54, 1.807) is 18.3 Å². The Labute approximate surface area is 139 Å². The molecule has 2 rings (SSSR count). The van der Waals surface area contributed by atoms with Gasteiger partial charge in [0.05, 0.1) is 11.1 Å². The number of nitro benzene ring substituents is 1. The van der Waals surface area contributed by atoms with Crippen LogP contribution < -0.4 is 0 Å². The highest BCUT2D eigenvalue weighted by atomic mass is 32.1. The van der Waals surface area contributed by atoms with E-state index in [-0.39, 0.29) is 16.0 Å². The summed E-state index contributed by atoms with van der Waals surface area (Å²) in [4.78, 5) is 10.8. The Kier molecular flexibility index (Phi) is 4.74. The molecule has 0 atom stereocenters. The summed E-state index contributed by atoms with van der Waals surface area (Å²) in [6.07, 6.45) is 2.15. The van der Waals surface area contributed by atoms with E-state index in [9.17, 15) is 10.1 Å². The highest BCUT2D eigenvalue weighted by Gasteiger charge is 2.21. The molecule has 0 fully saturated rings. The summed E-state index contributed by atoms with van der Waals surface area (Å²) >= 11 is 5.19. The zero-order valence-electron chi connectivity index (χ0n) is 13.5. The number of nitro groups is 1. The Bertz CT molecular complexity index is 814. The van der Waals surface area contributed by atoms with Gasteiger partial charge in [-0.1, -0.05) is 39.8 Å². The molecule has 0 unspecified atom stereocenters. The number of aryl methyl sites for hydroxylation is 1. The molecule has 0 amide bonds. The molecule has 0 spiro atoms. The zero-order chi connectivity index (χ0) is 17.2. The monoisotopic (exact) mass is 333 g/mol. The van der Waals surface area contributed by atoms with Crippen LogP contribution in [0.25, 0.3) is 0 Å². The van der Waals surface area contributed by atoms with E-state index < -0.39 is 0 Å². The smallest absolute Gasteiger partial charge is 0.258 e. The SMILES string of the molecule is CCc1ccc(/C=N\n2c(C(C)(C)C)n[nH]c2=S)cc1[N+](=O)[O-]. The van der Waals surface area contributed by atoms with E-state index in [0.29, 0.717) is 28.1 Å². The summed E-state index contributed by atoms with van der Waals surface area (Å²) in [6, 6.07) is 5.07. The summed E-state index contributed by atoms with van der Waals surface area (Å²) < 4.78 is 1.92. The molecule has 0 aliphatic rings. The minimum Gasteiger partial charge on any atom is -0.258 e. The molecule has 1 heterocycles. The van der Waals surface area contributed by atoms with Crippen molar-refractivity contribution < 1.29 is 4.92 Å². The fourth-order valence-electron chi connectivity index (χ4n) is 2.14. The molecule has 0 bridgehead atoms. The van der Waals surface area contributed by atoms with Crippen LogP contribution in [0, 0.1) is 14.9 Å². The minimum atomic E-state index is -0.375. The van der Waals surface area contributed by atoms with Gasteiger partial charge in [0.25, 0.3) is 5.69 Å². The lowest BCUT2D eigenvalue weighted by molar-refractivity contribution is -0.385. The van der Waals surface area contributed by atoms with E-state index in [2.05, 4.69) is 15.3 Å². The Hall–Kier alpha value is -2.35. The molecule has 0 saturated heterocycles. The van der Waals surface area contributed by atoms with Gasteiger partial charge in [0.1, 0.15) is 0 Å². The number of hydrogen-bond acceptors (Lipinski definition) is 5. The van der Waals surface area contributed by atoms with Crippen molar-refractivity contribution in [3.8, 4) is 0 Å². The quantitative estimate of drug-likeness (QED) is 0.401. The third-order valence-corrected chi connectivity index (χ3v) is 3.59. The predicted octanol–water partition coefficient (Wildman–Crippen LogP) is 3.59. The summed E-state index contributed by atoms with van der Waals surface area (Å²) in [5, 5.41) is 22.4. The first-order chi connectivity index (χ1) is 10.7. The first kappa shape index (κ1) is 17.0. The summed E-state index contributed by atoms with van der Waals surface area (Å²) in [5.41, 5.74) is 1.20. The Balaban J connectivity index is 2.42. The van der Waals surface area contributed by atoms with E-state index in [0.717, 1.165) is 0 Å². The molecule has 0 saturated carbocycles. The molecule has 7 nitrogen and oxygen atoms in total. The second kappa shape index (κ2) is 6.41. The molecule has 8 heteroatoms. The number of aromatic amines is 1. The molecular formula is C15H19N5O2S. The van der Waals surface area contributed by atoms with Crippen molar-refractivity contribution in [2.75, 3.05) is 0 Å². The zero-order valence-corrected chi connectivity index (χ0v) is 14.3. The van der Waals surface area contributed by atoms with Gasteiger partial charge < -0.3 is 0 Å². The van der Waals surface area contributed by atoms with Gasteiger partial charge in [-0.3, -0.25) is 15.2 Å². The Morgan fingerprint density at radius 2 is 2.17 bits per heavy atom. The van der Waals surface area contributed by atoms with Crippen LogP contribution in [0.4, 0.5) is 5.69 Å². The second-order valence-electron chi connectivity index (χ2n) is 6.16. The molecule has 23 heavy (non-hydrogen) atoms. The molecule has 0 aliphatic carbocycles. The van der Waals surface area contributed by atoms with Crippen LogP contribution >= 0.6 is 12.2 Å². The third-order valence-electron chi connectivity index (χ3n) is 3.33. The van der Waals surface area contributed by atoms with Crippen LogP contribution in [-0.4, -0.2) is 26.0 Å². The predicted molar refractivity (Wildman–Crippen MR) is 91.6 cm³/mol. The average molecular weight is 333 g/mol. The largest absolute Gasteiger partial charge is 0.273 e. The van der Waals surface area contributed by atoms with Crippen LogP contribution in [0.15, 0.2) is 23.3 Å². The standard InChI is InChI=1S/C15H19N5O2S/c1-5-11-7-6-10(8-12(11)20(21)22)9-16-19-13(15(2,3)4)17-18-14(19)23/h6-9H,5H2,1-4H3,(H,18,23)/b16-9-. The van der Waals surface area contributed by atoms with Crippen LogP contribution in [0.2, 0.25) is 0 Å². The molecular weight excluding hydrogens is 314 g/mol. The van der Waals surface area contributed by atoms with E-state index in [1.807, 2.05) is 27.7 Å². The maximum Gasteiger partial charge on any atom is 0.273 e. The van der Waals surface area contributed by atoms with E-state index in [1.165, 1.54) is 10.7 Å². The molecule has 122 valence electrons. The van der Waals surface area contributed by atoms with Crippen molar-refractivity contribution in [3.05, 3.63) is 50.0 Å². The van der Waals surface area contributed by atoms with Gasteiger partial charge in [-0.2, -0.15) is 14.9 Å². The summed E-state index contributed by atoms with van der Waals surface area (Å²) in [6.45, 7) is 7.90. The van der Waals surface area contributed by atoms with Crippen LogP contribution in [0.3, 0.4) is 0 Å². The van der Waals surface area contributed by atoms with Gasteiger partial charge in [-0.15, -0.1) is 0 Å². The molecule has 2 aromatic rings. The molecule has 1 N–H and O–H groups in total. The second-order valence-corrected chi connectivity index (χ2v) is 6.54. The van der Waals surface area contributed by atoms with E-state index >= 15 is 0 Å². The Morgan fingerprint density at radius 1 is 1.48 bits per heavy atom. The number of benzene rings is 1. The van der Waals surface area contributed by atoms with Crippen molar-refractivity contribution in [2.45, 2.75) is 39.5 Å². The lowest BCUT2D eigenvalue weighted by Gasteiger charge is -2.15. The number of aromatic nitrogens is 3. The van der Waals surface area contributed by atoms with Crippen LogP contribution in [0.5, 0.6) is 0 Å². The lowest BCUT2D eigenvalue weighted by Crippen LogP contribution is -2.17. The number of nitrogens with zero attached hydrogens (tertiary/aromatic N) is 4. The Morgan fingerprint density at radius 3 is 2.74 bits per heavy atom. The normalized spacial score (nSPS) is 12.0. The van der Waals surface area contributed by atoms with Crippen molar-refractivity contribution in [1.29, 1.82) is 0 Å². The van der Waals surface area contributed by atoms with Crippen LogP contribution in [-0.2, 0) is 11.8 Å². The van der Waals surface area contributed by atoms with Gasteiger partial charge in [0.15, 0.2) is 5.82 Å². The van der Waals surface area contributed by atoms with Crippen molar-refractivity contribution in [1.82, 2.24) is 14.9 Å². The maximum absolute atomic E-state index is 11.1. The van der Waals surface area contributed by atoms with Crippen molar-refractivity contribution in [2.24, 2.45) is 5.10 Å². The first-order valence-electron chi connectivity index (χ1n) is 7.23. The highest BCUT2D eigenvalue weighted by Crippen LogP contribution is 2.21. The molecule has 0 aliphatic heterocycles. The molecule has 1 aromatic carbocycles. The fourth-order valence-corrected chi connectivity index (χ4v) is 2.32. The fraction of sp³-hybridized carbons (Fsp3) is 0.400. The van der Waals surface area contributed by atoms with Gasteiger partial charge in [0.2, 0.25) is 4.77 Å². The van der Waals surface area contributed by atoms with E-state index in [4.69, 9.17) is 12.2 Å². The number of hydrogen-bond donors (Lipinski definition) is 1. The molecule has 1 aromatic heterocycles. The number of nitrogens with one attached hydrogen (secondary N) is 1. The van der Waals surface area contributed by atoms with Gasteiger partial charge >= 0.3 is 0 Å². The minimum absolute atomic E-state index is 0.100. The molecule has 0 radical (unpaired) electrons. The van der Waals surface area contributed by atoms with Gasteiger partial charge in [-0.25, -0.2) is 0 Å². The van der Waals surface area contributed by atoms with Crippen LogP contribution in [0.1, 0.15) is 44.6 Å². The summed E-state index contributed by atoms with van der Waals surface area (Å²) in [7, 11) is 0.